The average Bonchev–Trinajstić information content (AvgIpc) is 3.49. The molecule has 1 unspecified atom stereocenters. The van der Waals surface area contributed by atoms with Crippen molar-refractivity contribution >= 4 is 17.9 Å². The Labute approximate surface area is 514 Å². The lowest BCUT2D eigenvalue weighted by atomic mass is 10.0. The molecule has 0 N–H and O–H groups in total. The molecule has 0 amide bonds. The van der Waals surface area contributed by atoms with Crippen molar-refractivity contribution in [2.75, 3.05) is 13.2 Å². The van der Waals surface area contributed by atoms with E-state index in [0.717, 1.165) is 135 Å². The third kappa shape index (κ3) is 68.7. The molecule has 0 radical (unpaired) electrons. The van der Waals surface area contributed by atoms with Crippen molar-refractivity contribution < 1.29 is 28.6 Å². The van der Waals surface area contributed by atoms with E-state index in [0.29, 0.717) is 19.3 Å². The summed E-state index contributed by atoms with van der Waals surface area (Å²) in [6.07, 6.45) is 96.8. The van der Waals surface area contributed by atoms with Gasteiger partial charge in [-0.05, 0) is 128 Å². The standard InChI is InChI=1S/C77H132O6/c1-4-7-10-13-16-19-22-25-28-30-32-33-34-35-36-37-38-39-40-41-42-43-45-46-49-52-55-58-61-64-67-70-76(79)82-73-74(72-81-75(78)69-66-63-60-57-54-51-48-27-24-21-18-15-12-9-6-3)83-77(80)71-68-65-62-59-56-53-50-47-44-31-29-26-23-20-17-14-11-8-5-2/h7,10,16-21,25-29,32-33,44,47-48,74H,4-6,8-9,11-15,22-24,30-31,34-43,45-46,49-73H2,1-3H3/b10-7-,19-16-,20-17-,21-18-,28-25-,29-26-,33-32-,47-44-,48-27-. The Hall–Kier alpha value is -3.93. The molecule has 0 bridgehead atoms. The summed E-state index contributed by atoms with van der Waals surface area (Å²) in [5.74, 6) is -0.899. The monoisotopic (exact) mass is 1150 g/mol. The molecule has 0 aliphatic carbocycles. The molecule has 0 spiro atoms. The number of unbranched alkanes of at least 4 members (excludes halogenated alkanes) is 35. The predicted octanol–water partition coefficient (Wildman–Crippen LogP) is 24.6. The minimum Gasteiger partial charge on any atom is -0.462 e. The van der Waals surface area contributed by atoms with Gasteiger partial charge in [0.15, 0.2) is 6.10 Å². The van der Waals surface area contributed by atoms with Crippen LogP contribution in [-0.4, -0.2) is 37.2 Å². The Morgan fingerprint density at radius 2 is 0.470 bits per heavy atom. The fourth-order valence-electron chi connectivity index (χ4n) is 9.94. The minimum atomic E-state index is -0.793. The second-order valence-corrected chi connectivity index (χ2v) is 23.4. The first-order chi connectivity index (χ1) is 41.0. The highest BCUT2D eigenvalue weighted by atomic mass is 16.6. The van der Waals surface area contributed by atoms with Crippen LogP contribution in [0.2, 0.25) is 0 Å². The number of carbonyl (C=O) groups excluding carboxylic acids is 3. The topological polar surface area (TPSA) is 78.9 Å². The largest absolute Gasteiger partial charge is 0.462 e. The number of allylic oxidation sites excluding steroid dienone is 18. The SMILES string of the molecule is CC/C=C\C/C=C\C/C=C\C/C=C\CCCCCCCCCCCCCCCCCCCCC(=O)OCC(COC(=O)CCCCCCC/C=C\C/C=C\CCCCC)OC(=O)CCCCCCCC/C=C\C/C=C\C/C=C\CCCCC. The van der Waals surface area contributed by atoms with Crippen molar-refractivity contribution in [1.82, 2.24) is 0 Å². The second-order valence-electron chi connectivity index (χ2n) is 23.4. The summed E-state index contributed by atoms with van der Waals surface area (Å²) in [6, 6.07) is 0. The van der Waals surface area contributed by atoms with Crippen molar-refractivity contribution in [1.29, 1.82) is 0 Å². The van der Waals surface area contributed by atoms with Crippen molar-refractivity contribution in [2.24, 2.45) is 0 Å². The number of hydrogen-bond acceptors (Lipinski definition) is 6. The molecule has 0 rings (SSSR count). The van der Waals surface area contributed by atoms with Crippen molar-refractivity contribution in [3.63, 3.8) is 0 Å². The quantitative estimate of drug-likeness (QED) is 0.0261. The van der Waals surface area contributed by atoms with Gasteiger partial charge in [0.2, 0.25) is 0 Å². The first kappa shape index (κ1) is 79.1. The van der Waals surface area contributed by atoms with Gasteiger partial charge in [0.05, 0.1) is 0 Å². The Balaban J connectivity index is 4.27. The molecule has 0 heterocycles. The smallest absolute Gasteiger partial charge is 0.306 e. The van der Waals surface area contributed by atoms with E-state index in [-0.39, 0.29) is 31.1 Å². The Morgan fingerprint density at radius 3 is 0.735 bits per heavy atom. The normalized spacial score (nSPS) is 12.8. The summed E-state index contributed by atoms with van der Waals surface area (Å²) in [5.41, 5.74) is 0. The van der Waals surface area contributed by atoms with Crippen LogP contribution in [-0.2, 0) is 28.6 Å². The maximum atomic E-state index is 12.9. The fourth-order valence-corrected chi connectivity index (χ4v) is 9.94. The van der Waals surface area contributed by atoms with Crippen LogP contribution in [0.3, 0.4) is 0 Å². The van der Waals surface area contributed by atoms with Crippen molar-refractivity contribution in [3.05, 3.63) is 109 Å². The van der Waals surface area contributed by atoms with Crippen LogP contribution in [0, 0.1) is 0 Å². The number of esters is 3. The molecule has 0 saturated carbocycles. The van der Waals surface area contributed by atoms with Gasteiger partial charge in [0, 0.05) is 19.3 Å². The summed E-state index contributed by atoms with van der Waals surface area (Å²) < 4.78 is 17.0. The fraction of sp³-hybridized carbons (Fsp3) is 0.727. The van der Waals surface area contributed by atoms with Crippen LogP contribution >= 0.6 is 0 Å². The highest BCUT2D eigenvalue weighted by Crippen LogP contribution is 2.17. The molecule has 0 aromatic heterocycles. The van der Waals surface area contributed by atoms with E-state index in [9.17, 15) is 14.4 Å². The lowest BCUT2D eigenvalue weighted by Crippen LogP contribution is -2.30. The van der Waals surface area contributed by atoms with Gasteiger partial charge >= 0.3 is 17.9 Å². The molecule has 0 aliphatic rings. The molecular weight excluding hydrogens is 1020 g/mol. The molecule has 6 heteroatoms. The first-order valence-electron chi connectivity index (χ1n) is 35.4. The lowest BCUT2D eigenvalue weighted by molar-refractivity contribution is -0.167. The maximum Gasteiger partial charge on any atom is 0.306 e. The summed E-state index contributed by atoms with van der Waals surface area (Å²) >= 11 is 0. The first-order valence-corrected chi connectivity index (χ1v) is 35.4. The molecule has 0 aliphatic heterocycles. The van der Waals surface area contributed by atoms with Crippen molar-refractivity contribution in [2.45, 2.75) is 348 Å². The van der Waals surface area contributed by atoms with Crippen LogP contribution in [0.4, 0.5) is 0 Å². The van der Waals surface area contributed by atoms with E-state index in [1.807, 2.05) is 0 Å². The van der Waals surface area contributed by atoms with Gasteiger partial charge in [-0.1, -0.05) is 304 Å². The van der Waals surface area contributed by atoms with Crippen LogP contribution in [0.5, 0.6) is 0 Å². The summed E-state index contributed by atoms with van der Waals surface area (Å²) in [6.45, 7) is 6.49. The summed E-state index contributed by atoms with van der Waals surface area (Å²) in [7, 11) is 0. The van der Waals surface area contributed by atoms with E-state index in [2.05, 4.69) is 130 Å². The van der Waals surface area contributed by atoms with Gasteiger partial charge in [-0.15, -0.1) is 0 Å². The van der Waals surface area contributed by atoms with Gasteiger partial charge < -0.3 is 14.2 Å². The molecular formula is C77H132O6. The predicted molar refractivity (Wildman–Crippen MR) is 362 cm³/mol. The molecule has 0 fully saturated rings. The summed E-state index contributed by atoms with van der Waals surface area (Å²) in [5, 5.41) is 0. The summed E-state index contributed by atoms with van der Waals surface area (Å²) in [4.78, 5) is 38.4. The third-order valence-corrected chi connectivity index (χ3v) is 15.2. The lowest BCUT2D eigenvalue weighted by Gasteiger charge is -2.18. The van der Waals surface area contributed by atoms with Crippen molar-refractivity contribution in [3.8, 4) is 0 Å². The third-order valence-electron chi connectivity index (χ3n) is 15.2. The molecule has 83 heavy (non-hydrogen) atoms. The number of rotatable bonds is 64. The van der Waals surface area contributed by atoms with Crippen LogP contribution in [0.15, 0.2) is 109 Å². The Kier molecular flexibility index (Phi) is 67.2. The molecule has 1 atom stereocenters. The zero-order chi connectivity index (χ0) is 59.9. The Morgan fingerprint density at radius 1 is 0.253 bits per heavy atom. The van der Waals surface area contributed by atoms with Crippen LogP contribution in [0.1, 0.15) is 342 Å². The highest BCUT2D eigenvalue weighted by molar-refractivity contribution is 5.71. The van der Waals surface area contributed by atoms with Gasteiger partial charge in [0.25, 0.3) is 0 Å². The minimum absolute atomic E-state index is 0.0859. The zero-order valence-corrected chi connectivity index (χ0v) is 54.7. The number of carbonyl (C=O) groups is 3. The van der Waals surface area contributed by atoms with Crippen LogP contribution in [0.25, 0.3) is 0 Å². The second kappa shape index (κ2) is 70.6. The number of hydrogen-bond donors (Lipinski definition) is 0. The van der Waals surface area contributed by atoms with E-state index in [1.165, 1.54) is 167 Å². The zero-order valence-electron chi connectivity index (χ0n) is 54.7. The molecule has 0 aromatic carbocycles. The van der Waals surface area contributed by atoms with E-state index >= 15 is 0 Å². The maximum absolute atomic E-state index is 12.9. The van der Waals surface area contributed by atoms with Crippen LogP contribution < -0.4 is 0 Å². The molecule has 6 nitrogen and oxygen atoms in total. The molecule has 0 saturated heterocycles. The van der Waals surface area contributed by atoms with E-state index < -0.39 is 6.10 Å². The van der Waals surface area contributed by atoms with Gasteiger partial charge in [0.1, 0.15) is 13.2 Å². The van der Waals surface area contributed by atoms with Gasteiger partial charge in [-0.2, -0.15) is 0 Å². The Bertz CT molecular complexity index is 1660. The average molecular weight is 1150 g/mol. The van der Waals surface area contributed by atoms with Gasteiger partial charge in [-0.3, -0.25) is 14.4 Å². The van der Waals surface area contributed by atoms with Gasteiger partial charge in [-0.25, -0.2) is 0 Å². The van der Waals surface area contributed by atoms with E-state index in [1.54, 1.807) is 0 Å². The highest BCUT2D eigenvalue weighted by Gasteiger charge is 2.19. The molecule has 0 aromatic rings. The molecule has 476 valence electrons. The number of ether oxygens (including phenoxy) is 3. The van der Waals surface area contributed by atoms with E-state index in [4.69, 9.17) is 14.2 Å².